The summed E-state index contributed by atoms with van der Waals surface area (Å²) < 4.78 is 10.2. The largest absolute Gasteiger partial charge is 0.465 e. The van der Waals surface area contributed by atoms with Crippen LogP contribution in [-0.2, 0) is 15.9 Å². The molecule has 1 aromatic carbocycles. The van der Waals surface area contributed by atoms with E-state index in [1.807, 2.05) is 12.1 Å². The SMILES string of the molecule is CN=C(NCCc1ccc(C(=O)OC)cc1)NCC(C(C)C)N1CCOCC1. The van der Waals surface area contributed by atoms with Gasteiger partial charge in [-0.25, -0.2) is 4.79 Å². The van der Waals surface area contributed by atoms with Crippen LogP contribution in [0.2, 0.25) is 0 Å². The lowest BCUT2D eigenvalue weighted by molar-refractivity contribution is 0.00752. The van der Waals surface area contributed by atoms with Gasteiger partial charge in [-0.15, -0.1) is 0 Å². The number of ether oxygens (including phenoxy) is 2. The Balaban J connectivity index is 1.78. The van der Waals surface area contributed by atoms with Crippen LogP contribution < -0.4 is 10.6 Å². The summed E-state index contributed by atoms with van der Waals surface area (Å²) in [4.78, 5) is 18.3. The van der Waals surface area contributed by atoms with Crippen molar-refractivity contribution in [2.75, 3.05) is 53.6 Å². The van der Waals surface area contributed by atoms with Crippen molar-refractivity contribution in [1.29, 1.82) is 0 Å². The molecular weight excluding hydrogens is 356 g/mol. The molecule has 156 valence electrons. The quantitative estimate of drug-likeness (QED) is 0.398. The summed E-state index contributed by atoms with van der Waals surface area (Å²) in [6, 6.07) is 7.95. The zero-order valence-electron chi connectivity index (χ0n) is 17.5. The van der Waals surface area contributed by atoms with Crippen molar-refractivity contribution in [2.45, 2.75) is 26.3 Å². The number of guanidine groups is 1. The molecule has 0 radical (unpaired) electrons. The Morgan fingerprint density at radius 1 is 1.21 bits per heavy atom. The summed E-state index contributed by atoms with van der Waals surface area (Å²) >= 11 is 0. The number of hydrogen-bond acceptors (Lipinski definition) is 5. The van der Waals surface area contributed by atoms with E-state index in [1.54, 1.807) is 19.2 Å². The number of nitrogens with zero attached hydrogens (tertiary/aromatic N) is 2. The van der Waals surface area contributed by atoms with Crippen molar-refractivity contribution in [3.05, 3.63) is 35.4 Å². The molecule has 2 N–H and O–H groups in total. The van der Waals surface area contributed by atoms with Gasteiger partial charge < -0.3 is 20.1 Å². The third-order valence-electron chi connectivity index (χ3n) is 5.07. The number of carbonyl (C=O) groups is 1. The van der Waals surface area contributed by atoms with Gasteiger partial charge in [-0.2, -0.15) is 0 Å². The second-order valence-electron chi connectivity index (χ2n) is 7.28. The minimum Gasteiger partial charge on any atom is -0.465 e. The van der Waals surface area contributed by atoms with Crippen LogP contribution in [-0.4, -0.2) is 76.4 Å². The van der Waals surface area contributed by atoms with Crippen molar-refractivity contribution >= 4 is 11.9 Å². The molecule has 1 heterocycles. The topological polar surface area (TPSA) is 75.2 Å². The van der Waals surface area contributed by atoms with Gasteiger partial charge in [0.05, 0.1) is 25.9 Å². The van der Waals surface area contributed by atoms with Crippen LogP contribution in [0.15, 0.2) is 29.3 Å². The van der Waals surface area contributed by atoms with E-state index >= 15 is 0 Å². The maximum atomic E-state index is 11.5. The van der Waals surface area contributed by atoms with E-state index in [1.165, 1.54) is 7.11 Å². The highest BCUT2D eigenvalue weighted by molar-refractivity contribution is 5.89. The Hall–Kier alpha value is -2.12. The lowest BCUT2D eigenvalue weighted by Crippen LogP contribution is -2.52. The first-order valence-corrected chi connectivity index (χ1v) is 9.98. The molecule has 7 nitrogen and oxygen atoms in total. The minimum absolute atomic E-state index is 0.311. The van der Waals surface area contributed by atoms with Crippen molar-refractivity contribution in [3.63, 3.8) is 0 Å². The van der Waals surface area contributed by atoms with Crippen LogP contribution in [0, 0.1) is 5.92 Å². The fourth-order valence-corrected chi connectivity index (χ4v) is 3.37. The van der Waals surface area contributed by atoms with Crippen molar-refractivity contribution < 1.29 is 14.3 Å². The van der Waals surface area contributed by atoms with E-state index in [9.17, 15) is 4.79 Å². The number of rotatable bonds is 8. The number of carbonyl (C=O) groups excluding carboxylic acids is 1. The van der Waals surface area contributed by atoms with E-state index in [-0.39, 0.29) is 5.97 Å². The van der Waals surface area contributed by atoms with Crippen molar-refractivity contribution in [2.24, 2.45) is 10.9 Å². The highest BCUT2D eigenvalue weighted by Crippen LogP contribution is 2.12. The van der Waals surface area contributed by atoms with E-state index < -0.39 is 0 Å². The van der Waals surface area contributed by atoms with E-state index in [4.69, 9.17) is 9.47 Å². The van der Waals surface area contributed by atoms with Gasteiger partial charge in [-0.3, -0.25) is 9.89 Å². The Bertz CT molecular complexity index is 625. The summed E-state index contributed by atoms with van der Waals surface area (Å²) in [7, 11) is 3.18. The van der Waals surface area contributed by atoms with Crippen molar-refractivity contribution in [3.8, 4) is 0 Å². The molecule has 0 saturated carbocycles. The molecule has 0 spiro atoms. The maximum Gasteiger partial charge on any atom is 0.337 e. The van der Waals surface area contributed by atoms with Crippen LogP contribution in [0.5, 0.6) is 0 Å². The number of benzene rings is 1. The first-order valence-electron chi connectivity index (χ1n) is 9.98. The zero-order chi connectivity index (χ0) is 20.4. The third kappa shape index (κ3) is 6.80. The predicted octanol–water partition coefficient (Wildman–Crippen LogP) is 1.54. The fourth-order valence-electron chi connectivity index (χ4n) is 3.37. The smallest absolute Gasteiger partial charge is 0.337 e. The van der Waals surface area contributed by atoms with Crippen LogP contribution in [0.3, 0.4) is 0 Å². The molecule has 0 amide bonds. The number of nitrogens with one attached hydrogen (secondary N) is 2. The normalized spacial score (nSPS) is 16.7. The van der Waals surface area contributed by atoms with Gasteiger partial charge in [0.1, 0.15) is 0 Å². The van der Waals surface area contributed by atoms with Gasteiger partial charge in [0, 0.05) is 39.3 Å². The van der Waals surface area contributed by atoms with Gasteiger partial charge >= 0.3 is 5.97 Å². The van der Waals surface area contributed by atoms with Gasteiger partial charge in [0.2, 0.25) is 0 Å². The summed E-state index contributed by atoms with van der Waals surface area (Å²) in [5.74, 6) is 1.05. The highest BCUT2D eigenvalue weighted by atomic mass is 16.5. The van der Waals surface area contributed by atoms with E-state index in [2.05, 4.69) is 34.4 Å². The molecular formula is C21H34N4O3. The highest BCUT2D eigenvalue weighted by Gasteiger charge is 2.23. The Morgan fingerprint density at radius 3 is 2.46 bits per heavy atom. The number of hydrogen-bond donors (Lipinski definition) is 2. The van der Waals surface area contributed by atoms with Gasteiger partial charge in [0.25, 0.3) is 0 Å². The molecule has 1 unspecified atom stereocenters. The maximum absolute atomic E-state index is 11.5. The molecule has 1 atom stereocenters. The number of aliphatic imine (C=N–C) groups is 1. The average molecular weight is 391 g/mol. The summed E-state index contributed by atoms with van der Waals surface area (Å²) in [5.41, 5.74) is 1.73. The molecule has 2 rings (SSSR count). The second-order valence-corrected chi connectivity index (χ2v) is 7.28. The summed E-state index contributed by atoms with van der Waals surface area (Å²) in [5, 5.41) is 6.83. The monoisotopic (exact) mass is 390 g/mol. The predicted molar refractivity (Wildman–Crippen MR) is 112 cm³/mol. The molecule has 1 aliphatic heterocycles. The second kappa shape index (κ2) is 11.7. The van der Waals surface area contributed by atoms with Crippen molar-refractivity contribution in [1.82, 2.24) is 15.5 Å². The van der Waals surface area contributed by atoms with Crippen LogP contribution in [0.4, 0.5) is 0 Å². The molecule has 0 bridgehead atoms. The molecule has 0 aromatic heterocycles. The molecule has 0 aliphatic carbocycles. The first-order chi connectivity index (χ1) is 13.5. The Labute approximate surface area is 168 Å². The van der Waals surface area contributed by atoms with E-state index in [0.29, 0.717) is 17.5 Å². The number of morpholine rings is 1. The number of esters is 1. The van der Waals surface area contributed by atoms with Crippen LogP contribution in [0.25, 0.3) is 0 Å². The lowest BCUT2D eigenvalue weighted by Gasteiger charge is -2.37. The standard InChI is InChI=1S/C21H34N4O3/c1-16(2)19(25-11-13-28-14-12-25)15-24-21(22-3)23-10-9-17-5-7-18(8-6-17)20(26)27-4/h5-8,16,19H,9-15H2,1-4H3,(H2,22,23,24). The lowest BCUT2D eigenvalue weighted by atomic mass is 10.0. The fraction of sp³-hybridized carbons (Fsp3) is 0.619. The molecule has 1 saturated heterocycles. The summed E-state index contributed by atoms with van der Waals surface area (Å²) in [6.07, 6.45) is 0.846. The zero-order valence-corrected chi connectivity index (χ0v) is 17.5. The minimum atomic E-state index is -0.311. The average Bonchev–Trinajstić information content (AvgIpc) is 2.73. The van der Waals surface area contributed by atoms with E-state index in [0.717, 1.165) is 57.3 Å². The Kier molecular flexibility index (Phi) is 9.23. The van der Waals surface area contributed by atoms with Crippen LogP contribution in [0.1, 0.15) is 29.8 Å². The molecule has 1 aliphatic rings. The molecule has 1 fully saturated rings. The molecule has 28 heavy (non-hydrogen) atoms. The van der Waals surface area contributed by atoms with Gasteiger partial charge in [-0.1, -0.05) is 26.0 Å². The number of methoxy groups -OCH3 is 1. The molecule has 1 aromatic rings. The molecule has 7 heteroatoms. The summed E-state index contributed by atoms with van der Waals surface area (Å²) in [6.45, 7) is 9.73. The van der Waals surface area contributed by atoms with Gasteiger partial charge in [0.15, 0.2) is 5.96 Å². The van der Waals surface area contributed by atoms with Crippen LogP contribution >= 0.6 is 0 Å². The Morgan fingerprint density at radius 2 is 1.89 bits per heavy atom. The third-order valence-corrected chi connectivity index (χ3v) is 5.07. The first kappa shape index (κ1) is 22.2. The van der Waals surface area contributed by atoms with Gasteiger partial charge in [-0.05, 0) is 30.0 Å².